The maximum absolute atomic E-state index is 12.8. The van der Waals surface area contributed by atoms with Crippen LogP contribution in [0.3, 0.4) is 0 Å². The van der Waals surface area contributed by atoms with Crippen molar-refractivity contribution in [2.45, 2.75) is 32.5 Å². The Kier molecular flexibility index (Phi) is 4.89. The van der Waals surface area contributed by atoms with Crippen LogP contribution in [0.25, 0.3) is 0 Å². The van der Waals surface area contributed by atoms with Crippen LogP contribution in [0.5, 0.6) is 0 Å². The molecule has 1 aliphatic heterocycles. The van der Waals surface area contributed by atoms with Crippen molar-refractivity contribution >= 4 is 23.5 Å². The number of benzene rings is 1. The van der Waals surface area contributed by atoms with Crippen molar-refractivity contribution < 1.29 is 32.0 Å². The Balaban J connectivity index is 1.71. The summed E-state index contributed by atoms with van der Waals surface area (Å²) in [6.45, 7) is 4.29. The van der Waals surface area contributed by atoms with Crippen LogP contribution in [0.2, 0.25) is 0 Å². The van der Waals surface area contributed by atoms with Gasteiger partial charge in [-0.3, -0.25) is 14.5 Å². The third-order valence-corrected chi connectivity index (χ3v) is 4.65. The molecule has 0 saturated carbocycles. The minimum atomic E-state index is -4.49. The first-order valence-corrected chi connectivity index (χ1v) is 8.60. The molecule has 2 aromatic rings. The van der Waals surface area contributed by atoms with Gasteiger partial charge in [0, 0.05) is 11.3 Å². The number of hydrogen-bond acceptors (Lipinski definition) is 4. The van der Waals surface area contributed by atoms with Crippen LogP contribution in [0.1, 0.15) is 29.6 Å². The molecule has 1 aromatic carbocycles. The molecule has 154 valence electrons. The number of furan rings is 1. The largest absolute Gasteiger partial charge is 0.466 e. The van der Waals surface area contributed by atoms with Crippen molar-refractivity contribution in [2.75, 3.05) is 11.9 Å². The third kappa shape index (κ3) is 3.82. The first-order valence-electron chi connectivity index (χ1n) is 8.60. The maximum atomic E-state index is 12.8. The monoisotopic (exact) mass is 409 g/mol. The topological polar surface area (TPSA) is 91.7 Å². The van der Waals surface area contributed by atoms with Crippen molar-refractivity contribution in [3.05, 3.63) is 53.0 Å². The molecule has 0 radical (unpaired) electrons. The van der Waals surface area contributed by atoms with E-state index in [1.165, 1.54) is 6.92 Å². The lowest BCUT2D eigenvalue weighted by atomic mass is 9.92. The predicted molar refractivity (Wildman–Crippen MR) is 95.9 cm³/mol. The van der Waals surface area contributed by atoms with E-state index in [0.29, 0.717) is 17.1 Å². The highest BCUT2D eigenvalue weighted by molar-refractivity contribution is 6.10. The van der Waals surface area contributed by atoms with Gasteiger partial charge in [-0.05, 0) is 51.1 Å². The lowest BCUT2D eigenvalue weighted by molar-refractivity contribution is -0.137. The van der Waals surface area contributed by atoms with Crippen molar-refractivity contribution in [1.29, 1.82) is 0 Å². The van der Waals surface area contributed by atoms with Crippen LogP contribution in [0, 0.1) is 13.8 Å². The van der Waals surface area contributed by atoms with E-state index >= 15 is 0 Å². The van der Waals surface area contributed by atoms with Crippen molar-refractivity contribution in [3.8, 4) is 0 Å². The van der Waals surface area contributed by atoms with Gasteiger partial charge >= 0.3 is 12.2 Å². The molecule has 1 aliphatic rings. The SMILES string of the molecule is Cc1cc([C@@]2(C)NC(=O)N(CC(=O)Nc3ccc(C(F)(F)F)cc3)C2=O)c(C)o1. The molecular formula is C19H18F3N3O4. The minimum Gasteiger partial charge on any atom is -0.466 e. The lowest BCUT2D eigenvalue weighted by Crippen LogP contribution is -2.42. The molecule has 10 heteroatoms. The van der Waals surface area contributed by atoms with Crippen LogP contribution < -0.4 is 10.6 Å². The molecule has 2 N–H and O–H groups in total. The second-order valence-corrected chi connectivity index (χ2v) is 6.90. The standard InChI is InChI=1S/C19H18F3N3O4/c1-10-8-14(11(2)29-10)18(3)16(27)25(17(28)24-18)9-15(26)23-13-6-4-12(5-7-13)19(20,21)22/h4-8H,9H2,1-3H3,(H,23,26)(H,24,28)/t18-/m1/s1. The number of rotatable bonds is 4. The van der Waals surface area contributed by atoms with E-state index in [-0.39, 0.29) is 5.69 Å². The molecule has 0 bridgehead atoms. The average molecular weight is 409 g/mol. The number of alkyl halides is 3. The number of nitrogens with zero attached hydrogens (tertiary/aromatic N) is 1. The van der Waals surface area contributed by atoms with E-state index in [1.54, 1.807) is 19.9 Å². The second kappa shape index (κ2) is 6.94. The van der Waals surface area contributed by atoms with Crippen LogP contribution in [0.4, 0.5) is 23.7 Å². The van der Waals surface area contributed by atoms with Crippen molar-refractivity contribution in [3.63, 3.8) is 0 Å². The van der Waals surface area contributed by atoms with Gasteiger partial charge < -0.3 is 15.1 Å². The quantitative estimate of drug-likeness (QED) is 0.758. The summed E-state index contributed by atoms with van der Waals surface area (Å²) in [5.74, 6) is -0.319. The zero-order valence-electron chi connectivity index (χ0n) is 15.8. The normalized spacial score (nSPS) is 19.4. The molecule has 2 heterocycles. The molecule has 3 rings (SSSR count). The number of anilines is 1. The van der Waals surface area contributed by atoms with Crippen LogP contribution in [-0.2, 0) is 21.3 Å². The van der Waals surface area contributed by atoms with Crippen LogP contribution >= 0.6 is 0 Å². The zero-order valence-corrected chi connectivity index (χ0v) is 15.8. The fraction of sp³-hybridized carbons (Fsp3) is 0.316. The number of carbonyl (C=O) groups is 3. The molecule has 0 aliphatic carbocycles. The third-order valence-electron chi connectivity index (χ3n) is 4.65. The van der Waals surface area contributed by atoms with Gasteiger partial charge in [0.25, 0.3) is 5.91 Å². The molecule has 0 spiro atoms. The van der Waals surface area contributed by atoms with Gasteiger partial charge in [0.1, 0.15) is 23.6 Å². The fourth-order valence-electron chi connectivity index (χ4n) is 3.24. The van der Waals surface area contributed by atoms with Gasteiger partial charge in [0.15, 0.2) is 0 Å². The Labute approximate surface area is 163 Å². The summed E-state index contributed by atoms with van der Waals surface area (Å²) in [5, 5.41) is 4.94. The van der Waals surface area contributed by atoms with Crippen LogP contribution in [0.15, 0.2) is 34.7 Å². The van der Waals surface area contributed by atoms with E-state index in [4.69, 9.17) is 4.42 Å². The molecule has 1 aromatic heterocycles. The number of carbonyl (C=O) groups excluding carboxylic acids is 3. The Morgan fingerprint density at radius 2 is 1.83 bits per heavy atom. The van der Waals surface area contributed by atoms with Crippen molar-refractivity contribution in [2.24, 2.45) is 0 Å². The van der Waals surface area contributed by atoms with Gasteiger partial charge in [-0.1, -0.05) is 0 Å². The van der Waals surface area contributed by atoms with Gasteiger partial charge in [0.05, 0.1) is 5.56 Å². The van der Waals surface area contributed by atoms with E-state index < -0.39 is 41.7 Å². The van der Waals surface area contributed by atoms with E-state index in [9.17, 15) is 27.6 Å². The Hall–Kier alpha value is -3.30. The summed E-state index contributed by atoms with van der Waals surface area (Å²) in [5.41, 5.74) is -1.64. The predicted octanol–water partition coefficient (Wildman–Crippen LogP) is 3.32. The van der Waals surface area contributed by atoms with Gasteiger partial charge in [-0.2, -0.15) is 13.2 Å². The summed E-state index contributed by atoms with van der Waals surface area (Å²) >= 11 is 0. The first kappa shape index (κ1) is 20.4. The number of imide groups is 1. The Morgan fingerprint density at radius 3 is 2.34 bits per heavy atom. The highest BCUT2D eigenvalue weighted by Crippen LogP contribution is 2.33. The van der Waals surface area contributed by atoms with E-state index in [1.807, 2.05) is 0 Å². The number of nitrogens with one attached hydrogen (secondary N) is 2. The Morgan fingerprint density at radius 1 is 1.21 bits per heavy atom. The molecule has 1 fully saturated rings. The molecule has 29 heavy (non-hydrogen) atoms. The average Bonchev–Trinajstić information content (AvgIpc) is 3.06. The van der Waals surface area contributed by atoms with E-state index in [2.05, 4.69) is 10.6 Å². The smallest absolute Gasteiger partial charge is 0.416 e. The molecule has 1 saturated heterocycles. The highest BCUT2D eigenvalue weighted by Gasteiger charge is 2.51. The molecule has 1 atom stereocenters. The van der Waals surface area contributed by atoms with Crippen LogP contribution in [-0.4, -0.2) is 29.3 Å². The second-order valence-electron chi connectivity index (χ2n) is 6.90. The number of aryl methyl sites for hydroxylation is 2. The summed E-state index contributed by atoms with van der Waals surface area (Å²) < 4.78 is 43.2. The molecular weight excluding hydrogens is 391 g/mol. The number of urea groups is 1. The minimum absolute atomic E-state index is 0.110. The van der Waals surface area contributed by atoms with E-state index in [0.717, 1.165) is 29.2 Å². The number of hydrogen-bond donors (Lipinski definition) is 2. The highest BCUT2D eigenvalue weighted by atomic mass is 19.4. The Bertz CT molecular complexity index is 982. The summed E-state index contributed by atoms with van der Waals surface area (Å²) in [6, 6.07) is 4.72. The van der Waals surface area contributed by atoms with Gasteiger partial charge in [0.2, 0.25) is 5.91 Å². The number of halogens is 3. The summed E-state index contributed by atoms with van der Waals surface area (Å²) in [4.78, 5) is 38.1. The fourth-order valence-corrected chi connectivity index (χ4v) is 3.24. The molecule has 0 unspecified atom stereocenters. The number of amides is 4. The van der Waals surface area contributed by atoms with Gasteiger partial charge in [-0.25, -0.2) is 4.79 Å². The first-order chi connectivity index (χ1) is 13.4. The van der Waals surface area contributed by atoms with Gasteiger partial charge in [-0.15, -0.1) is 0 Å². The summed E-state index contributed by atoms with van der Waals surface area (Å²) in [7, 11) is 0. The summed E-state index contributed by atoms with van der Waals surface area (Å²) in [6.07, 6.45) is -4.49. The lowest BCUT2D eigenvalue weighted by Gasteiger charge is -2.21. The maximum Gasteiger partial charge on any atom is 0.416 e. The van der Waals surface area contributed by atoms with Crippen molar-refractivity contribution in [1.82, 2.24) is 10.2 Å². The molecule has 4 amide bonds. The molecule has 7 nitrogen and oxygen atoms in total. The zero-order chi connectivity index (χ0) is 21.6.